The van der Waals surface area contributed by atoms with Crippen LogP contribution in [-0.4, -0.2) is 36.1 Å². The Balaban J connectivity index is 2.06. The van der Waals surface area contributed by atoms with Crippen molar-refractivity contribution in [2.45, 2.75) is 45.7 Å². The zero-order valence-electron chi connectivity index (χ0n) is 13.3. The van der Waals surface area contributed by atoms with E-state index in [4.69, 9.17) is 0 Å². The van der Waals surface area contributed by atoms with Gasteiger partial charge < -0.3 is 5.32 Å². The molecule has 1 aliphatic heterocycles. The minimum atomic E-state index is 0.211. The summed E-state index contributed by atoms with van der Waals surface area (Å²) in [6, 6.07) is 11.4. The molecular weight excluding hydrogens is 244 g/mol. The summed E-state index contributed by atoms with van der Waals surface area (Å²) in [4.78, 5) is 2.62. The van der Waals surface area contributed by atoms with Crippen LogP contribution >= 0.6 is 0 Å². The third kappa shape index (κ3) is 4.46. The van der Waals surface area contributed by atoms with Gasteiger partial charge in [-0.15, -0.1) is 0 Å². The van der Waals surface area contributed by atoms with Gasteiger partial charge in [0.25, 0.3) is 0 Å². The first kappa shape index (κ1) is 15.3. The number of nitrogens with one attached hydrogen (secondary N) is 1. The molecule has 1 heterocycles. The molecule has 0 aliphatic carbocycles. The monoisotopic (exact) mass is 272 g/mol. The summed E-state index contributed by atoms with van der Waals surface area (Å²) >= 11 is 0. The molecule has 0 saturated carbocycles. The van der Waals surface area contributed by atoms with Gasteiger partial charge in [0.2, 0.25) is 0 Å². The smallest absolute Gasteiger partial charge is 0.0265 e. The molecule has 1 fully saturated rings. The van der Waals surface area contributed by atoms with Crippen LogP contribution < -0.4 is 5.32 Å². The maximum Gasteiger partial charge on any atom is 0.0265 e. The molecule has 1 atom stereocenters. The highest BCUT2D eigenvalue weighted by Crippen LogP contribution is 2.18. The van der Waals surface area contributed by atoms with Gasteiger partial charge in [-0.05, 0) is 39.7 Å². The van der Waals surface area contributed by atoms with E-state index in [1.165, 1.54) is 11.1 Å². The molecule has 1 N–H and O–H groups in total. The Morgan fingerprint density at radius 1 is 1.30 bits per heavy atom. The Morgan fingerprint density at radius 3 is 2.65 bits per heavy atom. The van der Waals surface area contributed by atoms with Crippen molar-refractivity contribution in [3.63, 3.8) is 0 Å². The van der Waals surface area contributed by atoms with E-state index in [2.05, 4.69) is 74.3 Å². The SMILES string of the molecule is CC(C)=CCN1CC(C)(C)NCC1Cc1ccccc1. The molecule has 110 valence electrons. The Bertz CT molecular complexity index is 444. The lowest BCUT2D eigenvalue weighted by atomic mass is 9.95. The first-order valence-electron chi connectivity index (χ1n) is 7.63. The van der Waals surface area contributed by atoms with Gasteiger partial charge in [-0.3, -0.25) is 4.90 Å². The summed E-state index contributed by atoms with van der Waals surface area (Å²) in [5, 5.41) is 3.68. The first-order chi connectivity index (χ1) is 9.46. The predicted molar refractivity (Wildman–Crippen MR) is 87.0 cm³/mol. The van der Waals surface area contributed by atoms with Crippen LogP contribution in [0.5, 0.6) is 0 Å². The molecule has 0 spiro atoms. The molecule has 0 bridgehead atoms. The topological polar surface area (TPSA) is 15.3 Å². The third-order valence-corrected chi connectivity index (χ3v) is 3.98. The van der Waals surface area contributed by atoms with Crippen LogP contribution in [0.1, 0.15) is 33.3 Å². The molecule has 20 heavy (non-hydrogen) atoms. The Hall–Kier alpha value is -1.12. The summed E-state index contributed by atoms with van der Waals surface area (Å²) in [6.07, 6.45) is 3.47. The van der Waals surface area contributed by atoms with Gasteiger partial charge in [0.15, 0.2) is 0 Å². The Kier molecular flexibility index (Phi) is 5.00. The molecule has 2 nitrogen and oxygen atoms in total. The second-order valence-electron chi connectivity index (χ2n) is 6.82. The molecule has 2 heteroatoms. The van der Waals surface area contributed by atoms with Crippen molar-refractivity contribution in [1.82, 2.24) is 10.2 Å². The van der Waals surface area contributed by atoms with E-state index in [1.54, 1.807) is 0 Å². The molecule has 2 rings (SSSR count). The van der Waals surface area contributed by atoms with Crippen molar-refractivity contribution in [3.8, 4) is 0 Å². The molecular formula is C18H28N2. The molecule has 1 unspecified atom stereocenters. The summed E-state index contributed by atoms with van der Waals surface area (Å²) in [6.45, 7) is 12.2. The summed E-state index contributed by atoms with van der Waals surface area (Å²) in [7, 11) is 0. The number of hydrogen-bond acceptors (Lipinski definition) is 2. The summed E-state index contributed by atoms with van der Waals surface area (Å²) < 4.78 is 0. The van der Waals surface area contributed by atoms with Gasteiger partial charge in [0.05, 0.1) is 0 Å². The van der Waals surface area contributed by atoms with Crippen LogP contribution in [0.15, 0.2) is 42.0 Å². The van der Waals surface area contributed by atoms with Crippen molar-refractivity contribution in [2.24, 2.45) is 0 Å². The fourth-order valence-corrected chi connectivity index (χ4v) is 2.82. The lowest BCUT2D eigenvalue weighted by Gasteiger charge is -2.44. The molecule has 0 aromatic heterocycles. The average molecular weight is 272 g/mol. The van der Waals surface area contributed by atoms with E-state index < -0.39 is 0 Å². The van der Waals surface area contributed by atoms with Crippen molar-refractivity contribution in [2.75, 3.05) is 19.6 Å². The van der Waals surface area contributed by atoms with Crippen LogP contribution in [0.2, 0.25) is 0 Å². The lowest BCUT2D eigenvalue weighted by molar-refractivity contribution is 0.107. The number of nitrogens with zero attached hydrogens (tertiary/aromatic N) is 1. The maximum absolute atomic E-state index is 3.68. The van der Waals surface area contributed by atoms with Crippen molar-refractivity contribution >= 4 is 0 Å². The van der Waals surface area contributed by atoms with Crippen LogP contribution in [0.25, 0.3) is 0 Å². The largest absolute Gasteiger partial charge is 0.309 e. The number of rotatable bonds is 4. The van der Waals surface area contributed by atoms with E-state index in [0.29, 0.717) is 6.04 Å². The zero-order chi connectivity index (χ0) is 14.6. The highest BCUT2D eigenvalue weighted by molar-refractivity contribution is 5.17. The van der Waals surface area contributed by atoms with Crippen LogP contribution in [0, 0.1) is 0 Å². The van der Waals surface area contributed by atoms with Crippen LogP contribution in [0.4, 0.5) is 0 Å². The van der Waals surface area contributed by atoms with Gasteiger partial charge >= 0.3 is 0 Å². The maximum atomic E-state index is 3.68. The van der Waals surface area contributed by atoms with Gasteiger partial charge in [-0.25, -0.2) is 0 Å². The van der Waals surface area contributed by atoms with E-state index in [1.807, 2.05) is 0 Å². The lowest BCUT2D eigenvalue weighted by Crippen LogP contribution is -2.62. The van der Waals surface area contributed by atoms with Gasteiger partial charge in [0, 0.05) is 31.2 Å². The average Bonchev–Trinajstić information content (AvgIpc) is 2.40. The number of piperazine rings is 1. The quantitative estimate of drug-likeness (QED) is 0.847. The molecule has 1 aromatic carbocycles. The standard InChI is InChI=1S/C18H28N2/c1-15(2)10-11-20-14-18(3,4)19-13-17(20)12-16-8-6-5-7-9-16/h5-10,17,19H,11-14H2,1-4H3. The van der Waals surface area contributed by atoms with Gasteiger partial charge in [-0.1, -0.05) is 42.0 Å². The second-order valence-corrected chi connectivity index (χ2v) is 6.82. The first-order valence-corrected chi connectivity index (χ1v) is 7.63. The highest BCUT2D eigenvalue weighted by Gasteiger charge is 2.31. The normalized spacial score (nSPS) is 22.5. The van der Waals surface area contributed by atoms with Crippen molar-refractivity contribution in [1.29, 1.82) is 0 Å². The fraction of sp³-hybridized carbons (Fsp3) is 0.556. The van der Waals surface area contributed by atoms with Crippen LogP contribution in [-0.2, 0) is 6.42 Å². The highest BCUT2D eigenvalue weighted by atomic mass is 15.2. The summed E-state index contributed by atoms with van der Waals surface area (Å²) in [5.74, 6) is 0. The van der Waals surface area contributed by atoms with E-state index in [0.717, 1.165) is 26.1 Å². The second kappa shape index (κ2) is 6.55. The van der Waals surface area contributed by atoms with Gasteiger partial charge in [0.1, 0.15) is 0 Å². The minimum absolute atomic E-state index is 0.211. The van der Waals surface area contributed by atoms with E-state index >= 15 is 0 Å². The van der Waals surface area contributed by atoms with E-state index in [9.17, 15) is 0 Å². The molecule has 0 amide bonds. The fourth-order valence-electron chi connectivity index (χ4n) is 2.82. The van der Waals surface area contributed by atoms with Crippen molar-refractivity contribution in [3.05, 3.63) is 47.5 Å². The van der Waals surface area contributed by atoms with Gasteiger partial charge in [-0.2, -0.15) is 0 Å². The van der Waals surface area contributed by atoms with Crippen LogP contribution in [0.3, 0.4) is 0 Å². The molecule has 1 saturated heterocycles. The predicted octanol–water partition coefficient (Wildman–Crippen LogP) is 3.25. The summed E-state index contributed by atoms with van der Waals surface area (Å²) in [5.41, 5.74) is 3.05. The third-order valence-electron chi connectivity index (χ3n) is 3.98. The van der Waals surface area contributed by atoms with E-state index in [-0.39, 0.29) is 5.54 Å². The Labute approximate surface area is 123 Å². The zero-order valence-corrected chi connectivity index (χ0v) is 13.3. The Morgan fingerprint density at radius 2 is 2.00 bits per heavy atom. The number of allylic oxidation sites excluding steroid dienone is 1. The molecule has 1 aliphatic rings. The van der Waals surface area contributed by atoms with Crippen molar-refractivity contribution < 1.29 is 0 Å². The number of benzene rings is 1. The minimum Gasteiger partial charge on any atom is -0.309 e. The number of hydrogen-bond donors (Lipinski definition) is 1. The molecule has 0 radical (unpaired) electrons. The molecule has 1 aromatic rings.